The highest BCUT2D eigenvalue weighted by Gasteiger charge is 2.32. The van der Waals surface area contributed by atoms with Crippen molar-refractivity contribution in [1.82, 2.24) is 4.90 Å². The minimum atomic E-state index is -0.558. The lowest BCUT2D eigenvalue weighted by molar-refractivity contribution is -0.0288. The number of rotatable bonds is 3. The molecule has 1 aliphatic rings. The zero-order valence-corrected chi connectivity index (χ0v) is 11.5. The summed E-state index contributed by atoms with van der Waals surface area (Å²) in [5.41, 5.74) is 5.36. The van der Waals surface area contributed by atoms with Crippen LogP contribution < -0.4 is 5.73 Å². The zero-order chi connectivity index (χ0) is 12.5. The second kappa shape index (κ2) is 5.06. The smallest absolute Gasteiger partial charge is 0.0746 e. The summed E-state index contributed by atoms with van der Waals surface area (Å²) >= 11 is 1.81. The van der Waals surface area contributed by atoms with E-state index < -0.39 is 5.60 Å². The van der Waals surface area contributed by atoms with Crippen LogP contribution in [0.1, 0.15) is 35.6 Å². The molecule has 1 saturated heterocycles. The van der Waals surface area contributed by atoms with Crippen molar-refractivity contribution >= 4 is 11.3 Å². The lowest BCUT2D eigenvalue weighted by atomic mass is 9.93. The molecular weight excluding hydrogens is 232 g/mol. The fourth-order valence-corrected chi connectivity index (χ4v) is 3.63. The van der Waals surface area contributed by atoms with Gasteiger partial charge in [-0.25, -0.2) is 0 Å². The van der Waals surface area contributed by atoms with Gasteiger partial charge in [0.25, 0.3) is 0 Å². The van der Waals surface area contributed by atoms with Crippen LogP contribution in [0.3, 0.4) is 0 Å². The van der Waals surface area contributed by atoms with Gasteiger partial charge in [0.2, 0.25) is 0 Å². The number of aliphatic hydroxyl groups is 1. The highest BCUT2D eigenvalue weighted by atomic mass is 32.1. The molecule has 1 aliphatic heterocycles. The Morgan fingerprint density at radius 3 is 2.88 bits per heavy atom. The van der Waals surface area contributed by atoms with E-state index in [0.29, 0.717) is 6.54 Å². The van der Waals surface area contributed by atoms with Crippen LogP contribution >= 0.6 is 11.3 Å². The molecule has 3 N–H and O–H groups in total. The van der Waals surface area contributed by atoms with Gasteiger partial charge in [-0.15, -0.1) is 11.3 Å². The van der Waals surface area contributed by atoms with E-state index in [-0.39, 0.29) is 6.04 Å². The molecule has 0 amide bonds. The Morgan fingerprint density at radius 1 is 1.59 bits per heavy atom. The average Bonchev–Trinajstić information content (AvgIpc) is 2.64. The topological polar surface area (TPSA) is 49.5 Å². The van der Waals surface area contributed by atoms with Gasteiger partial charge in [0, 0.05) is 22.8 Å². The molecule has 3 nitrogen and oxygen atoms in total. The molecule has 0 spiro atoms. The summed E-state index contributed by atoms with van der Waals surface area (Å²) in [7, 11) is 0. The molecule has 0 bridgehead atoms. The SMILES string of the molecule is Cc1ccc(C(CN)N2CCCC(C)(O)C2)s1. The summed E-state index contributed by atoms with van der Waals surface area (Å²) in [6, 6.07) is 4.58. The molecule has 1 aromatic rings. The van der Waals surface area contributed by atoms with E-state index in [9.17, 15) is 5.11 Å². The Balaban J connectivity index is 2.13. The zero-order valence-electron chi connectivity index (χ0n) is 10.6. The van der Waals surface area contributed by atoms with Crippen LogP contribution in [0.2, 0.25) is 0 Å². The molecule has 2 atom stereocenters. The Morgan fingerprint density at radius 2 is 2.35 bits per heavy atom. The molecule has 4 heteroatoms. The predicted octanol–water partition coefficient (Wildman–Crippen LogP) is 1.90. The van der Waals surface area contributed by atoms with E-state index in [2.05, 4.69) is 24.0 Å². The summed E-state index contributed by atoms with van der Waals surface area (Å²) in [5.74, 6) is 0. The molecule has 2 unspecified atom stereocenters. The quantitative estimate of drug-likeness (QED) is 0.866. The molecule has 0 radical (unpaired) electrons. The molecule has 17 heavy (non-hydrogen) atoms. The highest BCUT2D eigenvalue weighted by Crippen LogP contribution is 2.31. The monoisotopic (exact) mass is 254 g/mol. The second-order valence-electron chi connectivity index (χ2n) is 5.27. The van der Waals surface area contributed by atoms with Crippen LogP contribution in [0.15, 0.2) is 12.1 Å². The van der Waals surface area contributed by atoms with Gasteiger partial charge in [-0.1, -0.05) is 0 Å². The van der Waals surface area contributed by atoms with Crippen LogP contribution in [-0.4, -0.2) is 35.2 Å². The first-order valence-corrected chi connectivity index (χ1v) is 7.06. The number of β-amino-alcohol motifs (C(OH)–C–C–N with tert-alkyl or cyclic N) is 1. The lowest BCUT2D eigenvalue weighted by Crippen LogP contribution is -2.48. The standard InChI is InChI=1S/C13H22N2OS/c1-10-4-5-12(17-10)11(8-14)15-7-3-6-13(2,16)9-15/h4-5,11,16H,3,6-9,14H2,1-2H3. The van der Waals surface area contributed by atoms with E-state index in [1.165, 1.54) is 9.75 Å². The maximum atomic E-state index is 10.2. The third-order valence-corrected chi connectivity index (χ3v) is 4.56. The van der Waals surface area contributed by atoms with E-state index >= 15 is 0 Å². The summed E-state index contributed by atoms with van der Waals surface area (Å²) in [5, 5.41) is 10.2. The van der Waals surface area contributed by atoms with Gasteiger partial charge in [0.1, 0.15) is 0 Å². The molecule has 0 aromatic carbocycles. The van der Waals surface area contributed by atoms with Crippen molar-refractivity contribution < 1.29 is 5.11 Å². The third kappa shape index (κ3) is 3.07. The minimum Gasteiger partial charge on any atom is -0.389 e. The van der Waals surface area contributed by atoms with E-state index in [1.807, 2.05) is 18.3 Å². The number of hydrogen-bond donors (Lipinski definition) is 2. The third-order valence-electron chi connectivity index (χ3n) is 3.46. The van der Waals surface area contributed by atoms with Gasteiger partial charge in [0.15, 0.2) is 0 Å². The number of piperidine rings is 1. The summed E-state index contributed by atoms with van der Waals surface area (Å²) in [6.45, 7) is 6.43. The number of thiophene rings is 1. The highest BCUT2D eigenvalue weighted by molar-refractivity contribution is 7.12. The number of aryl methyl sites for hydroxylation is 1. The Hall–Kier alpha value is -0.420. The van der Waals surface area contributed by atoms with Crippen molar-refractivity contribution in [2.75, 3.05) is 19.6 Å². The Kier molecular flexibility index (Phi) is 3.88. The molecule has 0 saturated carbocycles. The van der Waals surface area contributed by atoms with Gasteiger partial charge < -0.3 is 10.8 Å². The largest absolute Gasteiger partial charge is 0.389 e. The van der Waals surface area contributed by atoms with Crippen LogP contribution in [0.25, 0.3) is 0 Å². The first kappa shape index (κ1) is 13.0. The average molecular weight is 254 g/mol. The molecule has 1 aromatic heterocycles. The van der Waals surface area contributed by atoms with Crippen molar-refractivity contribution in [3.63, 3.8) is 0 Å². The van der Waals surface area contributed by atoms with Crippen molar-refractivity contribution in [2.45, 2.75) is 38.3 Å². The Labute approximate surface area is 107 Å². The van der Waals surface area contributed by atoms with Crippen molar-refractivity contribution in [1.29, 1.82) is 0 Å². The van der Waals surface area contributed by atoms with E-state index in [1.54, 1.807) is 0 Å². The number of nitrogens with zero attached hydrogens (tertiary/aromatic N) is 1. The van der Waals surface area contributed by atoms with Crippen LogP contribution in [-0.2, 0) is 0 Å². The summed E-state index contributed by atoms with van der Waals surface area (Å²) in [4.78, 5) is 4.97. The van der Waals surface area contributed by atoms with Gasteiger partial charge in [0.05, 0.1) is 11.6 Å². The number of likely N-dealkylation sites (tertiary alicyclic amines) is 1. The fourth-order valence-electron chi connectivity index (χ4n) is 2.60. The van der Waals surface area contributed by atoms with Crippen LogP contribution in [0.4, 0.5) is 0 Å². The summed E-state index contributed by atoms with van der Waals surface area (Å²) in [6.07, 6.45) is 1.94. The second-order valence-corrected chi connectivity index (χ2v) is 6.59. The normalized spacial score (nSPS) is 28.2. The molecule has 1 fully saturated rings. The molecule has 2 rings (SSSR count). The fraction of sp³-hybridized carbons (Fsp3) is 0.692. The first-order valence-electron chi connectivity index (χ1n) is 6.25. The van der Waals surface area contributed by atoms with E-state index in [4.69, 9.17) is 5.73 Å². The van der Waals surface area contributed by atoms with Gasteiger partial charge in [-0.3, -0.25) is 4.90 Å². The lowest BCUT2D eigenvalue weighted by Gasteiger charge is -2.40. The Bertz CT molecular complexity index is 375. The number of nitrogens with two attached hydrogens (primary N) is 1. The maximum Gasteiger partial charge on any atom is 0.0746 e. The number of hydrogen-bond acceptors (Lipinski definition) is 4. The maximum absolute atomic E-state index is 10.2. The van der Waals surface area contributed by atoms with Crippen molar-refractivity contribution in [3.05, 3.63) is 21.9 Å². The molecule has 96 valence electrons. The van der Waals surface area contributed by atoms with Crippen LogP contribution in [0.5, 0.6) is 0 Å². The summed E-state index contributed by atoms with van der Waals surface area (Å²) < 4.78 is 0. The van der Waals surface area contributed by atoms with Gasteiger partial charge >= 0.3 is 0 Å². The predicted molar refractivity (Wildman–Crippen MR) is 72.3 cm³/mol. The molecule has 0 aliphatic carbocycles. The van der Waals surface area contributed by atoms with Gasteiger partial charge in [-0.2, -0.15) is 0 Å². The van der Waals surface area contributed by atoms with Crippen molar-refractivity contribution in [2.24, 2.45) is 5.73 Å². The molecule has 2 heterocycles. The molecular formula is C13H22N2OS. The van der Waals surface area contributed by atoms with Gasteiger partial charge in [-0.05, 0) is 45.4 Å². The van der Waals surface area contributed by atoms with E-state index in [0.717, 1.165) is 25.9 Å². The minimum absolute atomic E-state index is 0.264. The van der Waals surface area contributed by atoms with Crippen molar-refractivity contribution in [3.8, 4) is 0 Å². The first-order chi connectivity index (χ1) is 8.02. The van der Waals surface area contributed by atoms with Crippen LogP contribution in [0, 0.1) is 6.92 Å².